The predicted molar refractivity (Wildman–Crippen MR) is 86.3 cm³/mol. The van der Waals surface area contributed by atoms with Crippen LogP contribution < -0.4 is 4.74 Å². The van der Waals surface area contributed by atoms with Gasteiger partial charge in [-0.2, -0.15) is 5.26 Å². The van der Waals surface area contributed by atoms with Gasteiger partial charge in [-0.1, -0.05) is 23.2 Å². The van der Waals surface area contributed by atoms with Crippen LogP contribution in [-0.2, 0) is 14.3 Å². The second kappa shape index (κ2) is 8.42. The Balaban J connectivity index is 3.11. The van der Waals surface area contributed by atoms with Gasteiger partial charge in [0, 0.05) is 14.1 Å². The molecule has 23 heavy (non-hydrogen) atoms. The Hall–Kier alpha value is -2.23. The van der Waals surface area contributed by atoms with Gasteiger partial charge in [0.15, 0.2) is 12.4 Å². The van der Waals surface area contributed by atoms with E-state index in [1.54, 1.807) is 0 Å². The lowest BCUT2D eigenvalue weighted by Gasteiger charge is -2.11. The van der Waals surface area contributed by atoms with Gasteiger partial charge in [-0.3, -0.25) is 4.79 Å². The van der Waals surface area contributed by atoms with E-state index in [0.29, 0.717) is 5.56 Å². The Morgan fingerprint density at radius 2 is 1.87 bits per heavy atom. The van der Waals surface area contributed by atoms with Crippen molar-refractivity contribution in [3.05, 3.63) is 33.3 Å². The molecule has 0 spiro atoms. The molecule has 1 amide bonds. The van der Waals surface area contributed by atoms with E-state index < -0.39 is 11.9 Å². The fraction of sp³-hybridized carbons (Fsp3) is 0.267. The van der Waals surface area contributed by atoms with Gasteiger partial charge >= 0.3 is 5.97 Å². The van der Waals surface area contributed by atoms with Gasteiger partial charge < -0.3 is 14.4 Å². The van der Waals surface area contributed by atoms with Gasteiger partial charge in [0.05, 0.1) is 17.2 Å². The number of methoxy groups -OCH3 is 1. The van der Waals surface area contributed by atoms with Crippen LogP contribution in [0.5, 0.6) is 5.75 Å². The normalized spacial score (nSPS) is 10.7. The quantitative estimate of drug-likeness (QED) is 0.460. The number of nitrogens with zero attached hydrogens (tertiary/aromatic N) is 2. The number of amides is 1. The van der Waals surface area contributed by atoms with E-state index in [9.17, 15) is 9.59 Å². The highest BCUT2D eigenvalue weighted by molar-refractivity contribution is 6.37. The summed E-state index contributed by atoms with van der Waals surface area (Å²) in [5, 5.41) is 9.35. The smallest absolute Gasteiger partial charge is 0.343 e. The molecule has 0 aliphatic heterocycles. The average Bonchev–Trinajstić information content (AvgIpc) is 2.50. The molecule has 0 bridgehead atoms. The molecule has 1 aromatic rings. The summed E-state index contributed by atoms with van der Waals surface area (Å²) in [6.45, 7) is -0.340. The number of esters is 1. The number of benzene rings is 1. The van der Waals surface area contributed by atoms with E-state index in [1.165, 1.54) is 44.3 Å². The molecule has 0 saturated heterocycles. The van der Waals surface area contributed by atoms with Gasteiger partial charge in [0.25, 0.3) is 5.91 Å². The lowest BCUT2D eigenvalue weighted by molar-refractivity contribution is -0.142. The number of likely N-dealkylation sites (N-methyl/N-ethyl adjacent to an activating group) is 1. The van der Waals surface area contributed by atoms with Crippen molar-refractivity contribution in [1.29, 1.82) is 5.26 Å². The van der Waals surface area contributed by atoms with Crippen molar-refractivity contribution in [3.63, 3.8) is 0 Å². The molecule has 0 aliphatic carbocycles. The van der Waals surface area contributed by atoms with Crippen molar-refractivity contribution in [3.8, 4) is 11.8 Å². The van der Waals surface area contributed by atoms with Crippen molar-refractivity contribution in [1.82, 2.24) is 4.90 Å². The number of rotatable bonds is 5. The molecule has 0 aromatic heterocycles. The van der Waals surface area contributed by atoms with Crippen LogP contribution in [0.25, 0.3) is 6.08 Å². The molecule has 0 radical (unpaired) electrons. The first-order valence-electron chi connectivity index (χ1n) is 6.32. The summed E-state index contributed by atoms with van der Waals surface area (Å²) in [6, 6.07) is 4.77. The summed E-state index contributed by atoms with van der Waals surface area (Å²) in [7, 11) is 4.31. The Labute approximate surface area is 143 Å². The molecule has 0 atom stereocenters. The maximum Gasteiger partial charge on any atom is 0.343 e. The second-order valence-electron chi connectivity index (χ2n) is 4.55. The van der Waals surface area contributed by atoms with Crippen molar-refractivity contribution in [2.45, 2.75) is 0 Å². The first-order chi connectivity index (χ1) is 10.8. The summed E-state index contributed by atoms with van der Waals surface area (Å²) in [5.41, 5.74) is 0.391. The van der Waals surface area contributed by atoms with E-state index in [-0.39, 0.29) is 28.0 Å². The minimum Gasteiger partial charge on any atom is -0.479 e. The van der Waals surface area contributed by atoms with Crippen molar-refractivity contribution < 1.29 is 19.1 Å². The van der Waals surface area contributed by atoms with E-state index >= 15 is 0 Å². The van der Waals surface area contributed by atoms with Gasteiger partial charge in [-0.25, -0.2) is 4.79 Å². The van der Waals surface area contributed by atoms with Crippen LogP contribution in [0.4, 0.5) is 0 Å². The Morgan fingerprint density at radius 1 is 1.30 bits per heavy atom. The number of nitriles is 1. The maximum absolute atomic E-state index is 11.8. The van der Waals surface area contributed by atoms with E-state index in [1.807, 2.05) is 6.07 Å². The minimum absolute atomic E-state index is 0.0645. The van der Waals surface area contributed by atoms with Crippen LogP contribution in [-0.4, -0.2) is 44.6 Å². The molecule has 1 rings (SSSR count). The Morgan fingerprint density at radius 3 is 2.30 bits per heavy atom. The number of hydrogen-bond donors (Lipinski definition) is 0. The highest BCUT2D eigenvalue weighted by atomic mass is 35.5. The predicted octanol–water partition coefficient (Wildman–Crippen LogP) is 2.54. The third-order valence-corrected chi connectivity index (χ3v) is 3.21. The minimum atomic E-state index is -0.579. The number of carbonyl (C=O) groups is 2. The molecule has 0 aliphatic rings. The van der Waals surface area contributed by atoms with Gasteiger partial charge in [0.1, 0.15) is 11.6 Å². The van der Waals surface area contributed by atoms with Crippen LogP contribution in [0.15, 0.2) is 17.7 Å². The molecule has 0 unspecified atom stereocenters. The zero-order valence-electron chi connectivity index (χ0n) is 12.7. The molecule has 122 valence electrons. The largest absolute Gasteiger partial charge is 0.479 e. The summed E-state index contributed by atoms with van der Waals surface area (Å²) < 4.78 is 9.65. The topological polar surface area (TPSA) is 79.6 Å². The van der Waals surface area contributed by atoms with E-state index in [4.69, 9.17) is 33.2 Å². The number of halogens is 2. The number of carbonyl (C=O) groups excluding carboxylic acids is 2. The highest BCUT2D eigenvalue weighted by Crippen LogP contribution is 2.34. The van der Waals surface area contributed by atoms with Crippen LogP contribution in [0.2, 0.25) is 10.0 Å². The van der Waals surface area contributed by atoms with Crippen LogP contribution in [0, 0.1) is 11.3 Å². The van der Waals surface area contributed by atoms with Crippen LogP contribution in [0.1, 0.15) is 5.56 Å². The van der Waals surface area contributed by atoms with Gasteiger partial charge in [-0.05, 0) is 23.8 Å². The molecule has 0 fully saturated rings. The monoisotopic (exact) mass is 356 g/mol. The summed E-state index contributed by atoms with van der Waals surface area (Å²) >= 11 is 12.1. The molecular formula is C15H14Cl2N2O4. The van der Waals surface area contributed by atoms with Gasteiger partial charge in [-0.15, -0.1) is 0 Å². The van der Waals surface area contributed by atoms with E-state index in [0.717, 1.165) is 0 Å². The molecule has 6 nitrogen and oxygen atoms in total. The molecular weight excluding hydrogens is 343 g/mol. The summed E-state index contributed by atoms with van der Waals surface area (Å²) in [6.07, 6.45) is 1.37. The fourth-order valence-corrected chi connectivity index (χ4v) is 2.15. The second-order valence-corrected chi connectivity index (χ2v) is 5.36. The Bertz CT molecular complexity index is 670. The van der Waals surface area contributed by atoms with Crippen LogP contribution in [0.3, 0.4) is 0 Å². The van der Waals surface area contributed by atoms with Crippen LogP contribution >= 0.6 is 23.2 Å². The summed E-state index contributed by atoms with van der Waals surface area (Å²) in [4.78, 5) is 24.2. The lowest BCUT2D eigenvalue weighted by Crippen LogP contribution is -2.22. The molecule has 0 heterocycles. The van der Waals surface area contributed by atoms with Crippen molar-refractivity contribution in [2.24, 2.45) is 0 Å². The first kappa shape index (κ1) is 18.8. The van der Waals surface area contributed by atoms with Crippen molar-refractivity contribution >= 4 is 41.2 Å². The van der Waals surface area contributed by atoms with Gasteiger partial charge in [0.2, 0.25) is 0 Å². The standard InChI is InChI=1S/C15H14Cl2N2O4/c1-19(2)15(21)10(7-18)4-9-5-11(16)14(12(17)6-9)23-8-13(20)22-3/h4-6H,8H2,1-3H3/b10-4-. The molecule has 0 saturated carbocycles. The molecule has 1 aromatic carbocycles. The zero-order chi connectivity index (χ0) is 17.6. The number of hydrogen-bond acceptors (Lipinski definition) is 5. The maximum atomic E-state index is 11.8. The summed E-state index contributed by atoms with van der Waals surface area (Å²) in [5.74, 6) is -0.899. The fourth-order valence-electron chi connectivity index (χ4n) is 1.54. The average molecular weight is 357 g/mol. The van der Waals surface area contributed by atoms with E-state index in [2.05, 4.69) is 4.74 Å². The first-order valence-corrected chi connectivity index (χ1v) is 7.07. The third kappa shape index (κ3) is 5.16. The molecule has 8 heteroatoms. The SMILES string of the molecule is COC(=O)COc1c(Cl)cc(/C=C(/C#N)C(=O)N(C)C)cc1Cl. The Kier molecular flexibility index (Phi) is 6.89. The third-order valence-electron chi connectivity index (χ3n) is 2.65. The lowest BCUT2D eigenvalue weighted by atomic mass is 10.1. The molecule has 0 N–H and O–H groups in total. The zero-order valence-corrected chi connectivity index (χ0v) is 14.2. The highest BCUT2D eigenvalue weighted by Gasteiger charge is 2.14. The van der Waals surface area contributed by atoms with Crippen molar-refractivity contribution in [2.75, 3.05) is 27.8 Å². The number of ether oxygens (including phenoxy) is 2.